The zero-order chi connectivity index (χ0) is 13.4. The lowest BCUT2D eigenvalue weighted by Crippen LogP contribution is -2.46. The molecule has 1 aromatic carbocycles. The lowest BCUT2D eigenvalue weighted by atomic mass is 10.1. The summed E-state index contributed by atoms with van der Waals surface area (Å²) in [5.41, 5.74) is 2.15. The van der Waals surface area contributed by atoms with Gasteiger partial charge in [0.25, 0.3) is 0 Å². The van der Waals surface area contributed by atoms with E-state index in [1.54, 1.807) is 0 Å². The van der Waals surface area contributed by atoms with Crippen LogP contribution in [0, 0.1) is 0 Å². The number of morpholine rings is 1. The van der Waals surface area contributed by atoms with Gasteiger partial charge in [0, 0.05) is 13.1 Å². The second-order valence-electron chi connectivity index (χ2n) is 5.53. The van der Waals surface area contributed by atoms with Gasteiger partial charge in [-0.15, -0.1) is 0 Å². The van der Waals surface area contributed by atoms with Gasteiger partial charge in [0.1, 0.15) is 5.82 Å². The number of hydrogen-bond donors (Lipinski definition) is 1. The molecule has 1 N–H and O–H groups in total. The summed E-state index contributed by atoms with van der Waals surface area (Å²) in [5.74, 6) is 1.04. The van der Waals surface area contributed by atoms with Gasteiger partial charge in [-0.25, -0.2) is 4.98 Å². The normalized spacial score (nSPS) is 26.7. The Kier molecular flexibility index (Phi) is 3.29. The molecule has 0 saturated carbocycles. The molecule has 1 aliphatic heterocycles. The number of rotatable bonds is 2. The van der Waals surface area contributed by atoms with Crippen molar-refractivity contribution in [3.63, 3.8) is 0 Å². The molecule has 1 aromatic heterocycles. The number of aromatic nitrogens is 2. The van der Waals surface area contributed by atoms with Gasteiger partial charge in [0.05, 0.1) is 29.3 Å². The lowest BCUT2D eigenvalue weighted by molar-refractivity contribution is -0.0797. The van der Waals surface area contributed by atoms with E-state index in [1.807, 2.05) is 18.2 Å². The molecule has 1 fully saturated rings. The van der Waals surface area contributed by atoms with Crippen molar-refractivity contribution in [2.24, 2.45) is 0 Å². The van der Waals surface area contributed by atoms with Gasteiger partial charge >= 0.3 is 0 Å². The van der Waals surface area contributed by atoms with Gasteiger partial charge in [-0.3, -0.25) is 4.90 Å². The molecule has 0 bridgehead atoms. The highest BCUT2D eigenvalue weighted by Gasteiger charge is 2.27. The van der Waals surface area contributed by atoms with E-state index in [0.29, 0.717) is 6.04 Å². The van der Waals surface area contributed by atoms with Gasteiger partial charge in [-0.1, -0.05) is 12.1 Å². The average Bonchev–Trinajstić information content (AvgIpc) is 2.80. The fourth-order valence-electron chi connectivity index (χ4n) is 2.88. The van der Waals surface area contributed by atoms with Crippen molar-refractivity contribution in [2.75, 3.05) is 13.1 Å². The molecule has 0 amide bonds. The maximum Gasteiger partial charge on any atom is 0.124 e. The molecular weight excluding hydrogens is 238 g/mol. The van der Waals surface area contributed by atoms with E-state index in [4.69, 9.17) is 9.72 Å². The molecule has 0 radical (unpaired) electrons. The minimum atomic E-state index is 0.288. The van der Waals surface area contributed by atoms with Crippen LogP contribution in [0.15, 0.2) is 24.3 Å². The Morgan fingerprint density at radius 2 is 1.95 bits per heavy atom. The SMILES string of the molecule is CC1CN(C(C)c2nc3ccccc3[nH]2)CC(C)O1. The highest BCUT2D eigenvalue weighted by Crippen LogP contribution is 2.24. The highest BCUT2D eigenvalue weighted by atomic mass is 16.5. The van der Waals surface area contributed by atoms with Gasteiger partial charge < -0.3 is 9.72 Å². The molecule has 0 aliphatic carbocycles. The van der Waals surface area contributed by atoms with Gasteiger partial charge in [-0.2, -0.15) is 0 Å². The number of H-pyrrole nitrogens is 1. The quantitative estimate of drug-likeness (QED) is 0.901. The van der Waals surface area contributed by atoms with Crippen LogP contribution in [-0.4, -0.2) is 40.2 Å². The number of imidazole rings is 1. The summed E-state index contributed by atoms with van der Waals surface area (Å²) in [6, 6.07) is 8.47. The number of aromatic amines is 1. The second kappa shape index (κ2) is 4.94. The van der Waals surface area contributed by atoms with Crippen LogP contribution in [0.2, 0.25) is 0 Å². The van der Waals surface area contributed by atoms with Crippen LogP contribution >= 0.6 is 0 Å². The lowest BCUT2D eigenvalue weighted by Gasteiger charge is -2.38. The van der Waals surface area contributed by atoms with E-state index < -0.39 is 0 Å². The highest BCUT2D eigenvalue weighted by molar-refractivity contribution is 5.74. The fourth-order valence-corrected chi connectivity index (χ4v) is 2.88. The first kappa shape index (κ1) is 12.6. The predicted molar refractivity (Wildman–Crippen MR) is 76.1 cm³/mol. The summed E-state index contributed by atoms with van der Waals surface area (Å²) in [7, 11) is 0. The van der Waals surface area contributed by atoms with Crippen molar-refractivity contribution >= 4 is 11.0 Å². The number of ether oxygens (including phenoxy) is 1. The van der Waals surface area contributed by atoms with Crippen LogP contribution in [0.1, 0.15) is 32.6 Å². The molecule has 1 saturated heterocycles. The zero-order valence-corrected chi connectivity index (χ0v) is 11.8. The van der Waals surface area contributed by atoms with Crippen molar-refractivity contribution in [2.45, 2.75) is 39.0 Å². The van der Waals surface area contributed by atoms with E-state index in [0.717, 1.165) is 29.9 Å². The summed E-state index contributed by atoms with van der Waals surface area (Å²) < 4.78 is 5.79. The maximum absolute atomic E-state index is 5.79. The van der Waals surface area contributed by atoms with Gasteiger partial charge in [0.2, 0.25) is 0 Å². The molecular formula is C15H21N3O. The van der Waals surface area contributed by atoms with E-state index in [2.05, 4.69) is 36.7 Å². The molecule has 3 unspecified atom stereocenters. The first-order valence-corrected chi connectivity index (χ1v) is 6.97. The van der Waals surface area contributed by atoms with Crippen LogP contribution in [0.25, 0.3) is 11.0 Å². The third kappa shape index (κ3) is 2.51. The second-order valence-corrected chi connectivity index (χ2v) is 5.53. The minimum absolute atomic E-state index is 0.288. The largest absolute Gasteiger partial charge is 0.373 e. The number of hydrogen-bond acceptors (Lipinski definition) is 3. The van der Waals surface area contributed by atoms with E-state index >= 15 is 0 Å². The minimum Gasteiger partial charge on any atom is -0.373 e. The molecule has 102 valence electrons. The van der Waals surface area contributed by atoms with E-state index in [-0.39, 0.29) is 12.2 Å². The third-order valence-electron chi connectivity index (χ3n) is 3.80. The van der Waals surface area contributed by atoms with E-state index in [1.165, 1.54) is 0 Å². The monoisotopic (exact) mass is 259 g/mol. The summed E-state index contributed by atoms with van der Waals surface area (Å²) in [6.07, 6.45) is 0.575. The molecule has 1 aliphatic rings. The summed E-state index contributed by atoms with van der Waals surface area (Å²) in [6.45, 7) is 8.40. The topological polar surface area (TPSA) is 41.2 Å². The van der Waals surface area contributed by atoms with Crippen molar-refractivity contribution in [3.05, 3.63) is 30.1 Å². The Morgan fingerprint density at radius 1 is 1.26 bits per heavy atom. The Balaban J connectivity index is 1.84. The number of para-hydroxylation sites is 2. The standard InChI is InChI=1S/C15H21N3O/c1-10-8-18(9-11(2)19-10)12(3)15-16-13-6-4-5-7-14(13)17-15/h4-7,10-12H,8-9H2,1-3H3,(H,16,17). The smallest absolute Gasteiger partial charge is 0.124 e. The number of benzene rings is 1. The number of nitrogens with zero attached hydrogens (tertiary/aromatic N) is 2. The summed E-state index contributed by atoms with van der Waals surface area (Å²) in [4.78, 5) is 10.6. The summed E-state index contributed by atoms with van der Waals surface area (Å²) >= 11 is 0. The first-order chi connectivity index (χ1) is 9.13. The van der Waals surface area contributed by atoms with Crippen LogP contribution in [0.4, 0.5) is 0 Å². The summed E-state index contributed by atoms with van der Waals surface area (Å²) in [5, 5.41) is 0. The zero-order valence-electron chi connectivity index (χ0n) is 11.8. The Hall–Kier alpha value is -1.39. The number of nitrogens with one attached hydrogen (secondary N) is 1. The molecule has 4 heteroatoms. The molecule has 4 nitrogen and oxygen atoms in total. The Bertz CT molecular complexity index is 522. The van der Waals surface area contributed by atoms with E-state index in [9.17, 15) is 0 Å². The molecule has 2 aromatic rings. The molecule has 0 spiro atoms. The number of fused-ring (bicyclic) bond motifs is 1. The van der Waals surface area contributed by atoms with Crippen molar-refractivity contribution in [1.29, 1.82) is 0 Å². The maximum atomic E-state index is 5.79. The van der Waals surface area contributed by atoms with Crippen LogP contribution in [0.3, 0.4) is 0 Å². The van der Waals surface area contributed by atoms with Crippen LogP contribution in [0.5, 0.6) is 0 Å². The fraction of sp³-hybridized carbons (Fsp3) is 0.533. The first-order valence-electron chi connectivity index (χ1n) is 6.97. The molecule has 19 heavy (non-hydrogen) atoms. The van der Waals surface area contributed by atoms with Crippen molar-refractivity contribution in [1.82, 2.24) is 14.9 Å². The van der Waals surface area contributed by atoms with Crippen LogP contribution in [-0.2, 0) is 4.74 Å². The Morgan fingerprint density at radius 3 is 2.63 bits per heavy atom. The van der Waals surface area contributed by atoms with Crippen molar-refractivity contribution < 1.29 is 4.74 Å². The van der Waals surface area contributed by atoms with Gasteiger partial charge in [-0.05, 0) is 32.9 Å². The predicted octanol–water partition coefficient (Wildman–Crippen LogP) is 2.73. The third-order valence-corrected chi connectivity index (χ3v) is 3.80. The van der Waals surface area contributed by atoms with Crippen LogP contribution < -0.4 is 0 Å². The molecule has 3 atom stereocenters. The Labute approximate surface area is 113 Å². The molecule has 3 rings (SSSR count). The van der Waals surface area contributed by atoms with Gasteiger partial charge in [0.15, 0.2) is 0 Å². The van der Waals surface area contributed by atoms with Crippen molar-refractivity contribution in [3.8, 4) is 0 Å². The average molecular weight is 259 g/mol. The molecule has 2 heterocycles.